The Morgan fingerprint density at radius 1 is 1.33 bits per heavy atom. The van der Waals surface area contributed by atoms with Crippen molar-refractivity contribution in [3.8, 4) is 5.75 Å². The van der Waals surface area contributed by atoms with E-state index < -0.39 is 0 Å². The topological polar surface area (TPSA) is 56.5 Å². The molecule has 3 aromatic rings. The van der Waals surface area contributed by atoms with E-state index in [0.717, 1.165) is 15.0 Å². The standard InChI is InChI=1S/C14H13N3O2S2/c1-3-19-10-4-6-11(7-5-10)20-14-16-17-12(18)8-9(2)15-13(17)21-14/h4-8H,3H2,1-2H3. The average Bonchev–Trinajstić information content (AvgIpc) is 2.84. The molecule has 108 valence electrons. The minimum Gasteiger partial charge on any atom is -0.494 e. The molecule has 0 atom stereocenters. The maximum absolute atomic E-state index is 11.8. The number of benzene rings is 1. The molecule has 5 nitrogen and oxygen atoms in total. The second kappa shape index (κ2) is 5.87. The Morgan fingerprint density at radius 2 is 2.10 bits per heavy atom. The van der Waals surface area contributed by atoms with Gasteiger partial charge in [0.1, 0.15) is 5.75 Å². The second-order valence-electron chi connectivity index (χ2n) is 4.30. The zero-order valence-corrected chi connectivity index (χ0v) is 13.2. The molecule has 0 aliphatic rings. The van der Waals surface area contributed by atoms with Gasteiger partial charge in [0.15, 0.2) is 4.34 Å². The SMILES string of the molecule is CCOc1ccc(Sc2nn3c(=O)cc(C)nc3s2)cc1. The number of nitrogens with zero attached hydrogens (tertiary/aromatic N) is 3. The van der Waals surface area contributed by atoms with Gasteiger partial charge in [-0.3, -0.25) is 4.79 Å². The minimum absolute atomic E-state index is 0.146. The first-order valence-corrected chi connectivity index (χ1v) is 8.07. The minimum atomic E-state index is -0.146. The van der Waals surface area contributed by atoms with E-state index in [4.69, 9.17) is 4.74 Å². The summed E-state index contributed by atoms with van der Waals surface area (Å²) >= 11 is 2.91. The van der Waals surface area contributed by atoms with E-state index >= 15 is 0 Å². The lowest BCUT2D eigenvalue weighted by atomic mass is 10.3. The quantitative estimate of drug-likeness (QED) is 0.740. The molecule has 0 N–H and O–H groups in total. The largest absolute Gasteiger partial charge is 0.494 e. The molecule has 0 saturated carbocycles. The van der Waals surface area contributed by atoms with Gasteiger partial charge in [-0.15, -0.1) is 5.10 Å². The van der Waals surface area contributed by atoms with Crippen molar-refractivity contribution in [1.29, 1.82) is 0 Å². The van der Waals surface area contributed by atoms with Crippen LogP contribution in [0.15, 0.2) is 44.4 Å². The van der Waals surface area contributed by atoms with Crippen LogP contribution >= 0.6 is 23.1 Å². The van der Waals surface area contributed by atoms with Gasteiger partial charge in [-0.2, -0.15) is 4.52 Å². The van der Waals surface area contributed by atoms with Crippen LogP contribution in [0, 0.1) is 6.92 Å². The van der Waals surface area contributed by atoms with Gasteiger partial charge in [-0.05, 0) is 38.1 Å². The normalized spacial score (nSPS) is 11.0. The van der Waals surface area contributed by atoms with Crippen molar-refractivity contribution in [1.82, 2.24) is 14.6 Å². The van der Waals surface area contributed by atoms with E-state index in [1.807, 2.05) is 31.2 Å². The van der Waals surface area contributed by atoms with E-state index in [9.17, 15) is 4.79 Å². The van der Waals surface area contributed by atoms with Crippen molar-refractivity contribution in [3.63, 3.8) is 0 Å². The highest BCUT2D eigenvalue weighted by molar-refractivity contribution is 8.01. The first kappa shape index (κ1) is 14.1. The molecule has 0 spiro atoms. The third-order valence-corrected chi connectivity index (χ3v) is 4.66. The Kier molecular flexibility index (Phi) is 3.94. The van der Waals surface area contributed by atoms with Gasteiger partial charge in [0.05, 0.1) is 6.61 Å². The lowest BCUT2D eigenvalue weighted by Crippen LogP contribution is -2.14. The summed E-state index contributed by atoms with van der Waals surface area (Å²) in [6.07, 6.45) is 0. The maximum atomic E-state index is 11.8. The zero-order valence-electron chi connectivity index (χ0n) is 11.6. The van der Waals surface area contributed by atoms with Crippen LogP contribution < -0.4 is 10.3 Å². The summed E-state index contributed by atoms with van der Waals surface area (Å²) in [5, 5.41) is 4.30. The third-order valence-electron chi connectivity index (χ3n) is 2.69. The molecule has 0 fully saturated rings. The highest BCUT2D eigenvalue weighted by Gasteiger charge is 2.09. The molecule has 3 rings (SSSR count). The number of ether oxygens (including phenoxy) is 1. The molecule has 7 heteroatoms. The maximum Gasteiger partial charge on any atom is 0.275 e. The molecule has 0 amide bonds. The first-order chi connectivity index (χ1) is 10.2. The summed E-state index contributed by atoms with van der Waals surface area (Å²) < 4.78 is 7.54. The predicted molar refractivity (Wildman–Crippen MR) is 83.6 cm³/mol. The van der Waals surface area contributed by atoms with E-state index in [2.05, 4.69) is 10.1 Å². The van der Waals surface area contributed by atoms with Crippen molar-refractivity contribution in [3.05, 3.63) is 46.4 Å². The Labute approximate surface area is 129 Å². The summed E-state index contributed by atoms with van der Waals surface area (Å²) in [6.45, 7) is 4.41. The lowest BCUT2D eigenvalue weighted by molar-refractivity contribution is 0.340. The number of fused-ring (bicyclic) bond motifs is 1. The van der Waals surface area contributed by atoms with Crippen LogP contribution in [0.5, 0.6) is 5.75 Å². The van der Waals surface area contributed by atoms with Gasteiger partial charge in [0.25, 0.3) is 5.56 Å². The molecule has 0 unspecified atom stereocenters. The molecule has 0 bridgehead atoms. The van der Waals surface area contributed by atoms with Crippen molar-refractivity contribution >= 4 is 28.1 Å². The van der Waals surface area contributed by atoms with Crippen LogP contribution in [0.25, 0.3) is 4.96 Å². The van der Waals surface area contributed by atoms with Crippen LogP contribution in [0.1, 0.15) is 12.6 Å². The monoisotopic (exact) mass is 319 g/mol. The summed E-state index contributed by atoms with van der Waals surface area (Å²) in [5.74, 6) is 0.847. The highest BCUT2D eigenvalue weighted by atomic mass is 32.2. The predicted octanol–water partition coefficient (Wildman–Crippen LogP) is 3.01. The van der Waals surface area contributed by atoms with Crippen LogP contribution in [0.4, 0.5) is 0 Å². The smallest absolute Gasteiger partial charge is 0.275 e. The summed E-state index contributed by atoms with van der Waals surface area (Å²) in [7, 11) is 0. The number of hydrogen-bond acceptors (Lipinski definition) is 6. The van der Waals surface area contributed by atoms with E-state index in [-0.39, 0.29) is 5.56 Å². The summed E-state index contributed by atoms with van der Waals surface area (Å²) in [6, 6.07) is 9.28. The van der Waals surface area contributed by atoms with E-state index in [1.54, 1.807) is 6.92 Å². The molecular weight excluding hydrogens is 306 g/mol. The van der Waals surface area contributed by atoms with Gasteiger partial charge in [0.2, 0.25) is 4.96 Å². The molecule has 0 saturated heterocycles. The Morgan fingerprint density at radius 3 is 2.81 bits per heavy atom. The van der Waals surface area contributed by atoms with E-state index in [1.165, 1.54) is 33.7 Å². The third kappa shape index (κ3) is 3.08. The van der Waals surface area contributed by atoms with Gasteiger partial charge in [-0.1, -0.05) is 23.1 Å². The Bertz CT molecular complexity index is 824. The Hall–Kier alpha value is -1.86. The Balaban J connectivity index is 1.87. The number of aryl methyl sites for hydroxylation is 1. The molecule has 21 heavy (non-hydrogen) atoms. The fourth-order valence-electron chi connectivity index (χ4n) is 1.82. The fourth-order valence-corrected chi connectivity index (χ4v) is 3.78. The molecular formula is C14H13N3O2S2. The van der Waals surface area contributed by atoms with Crippen LogP contribution in [0.3, 0.4) is 0 Å². The van der Waals surface area contributed by atoms with Gasteiger partial charge in [0, 0.05) is 16.7 Å². The van der Waals surface area contributed by atoms with Crippen molar-refractivity contribution in [2.24, 2.45) is 0 Å². The summed E-state index contributed by atoms with van der Waals surface area (Å²) in [5.41, 5.74) is 0.563. The highest BCUT2D eigenvalue weighted by Crippen LogP contribution is 2.31. The van der Waals surface area contributed by atoms with Gasteiger partial charge < -0.3 is 4.74 Å². The molecule has 0 aliphatic carbocycles. The molecule has 2 heterocycles. The summed E-state index contributed by atoms with van der Waals surface area (Å²) in [4.78, 5) is 17.8. The van der Waals surface area contributed by atoms with Crippen molar-refractivity contribution < 1.29 is 4.74 Å². The van der Waals surface area contributed by atoms with Crippen molar-refractivity contribution in [2.75, 3.05) is 6.61 Å². The zero-order chi connectivity index (χ0) is 14.8. The van der Waals surface area contributed by atoms with E-state index in [0.29, 0.717) is 17.3 Å². The van der Waals surface area contributed by atoms with Crippen LogP contribution in [0.2, 0.25) is 0 Å². The molecule has 0 radical (unpaired) electrons. The fraction of sp³-hybridized carbons (Fsp3) is 0.214. The number of rotatable bonds is 4. The van der Waals surface area contributed by atoms with Gasteiger partial charge in [-0.25, -0.2) is 4.98 Å². The molecule has 2 aromatic heterocycles. The first-order valence-electron chi connectivity index (χ1n) is 6.44. The number of aromatic nitrogens is 3. The molecule has 1 aromatic carbocycles. The lowest BCUT2D eigenvalue weighted by Gasteiger charge is -2.03. The molecule has 0 aliphatic heterocycles. The second-order valence-corrected chi connectivity index (χ2v) is 6.58. The van der Waals surface area contributed by atoms with Crippen LogP contribution in [-0.2, 0) is 0 Å². The van der Waals surface area contributed by atoms with Gasteiger partial charge >= 0.3 is 0 Å². The van der Waals surface area contributed by atoms with Crippen LogP contribution in [-0.4, -0.2) is 21.2 Å². The van der Waals surface area contributed by atoms with Crippen molar-refractivity contribution in [2.45, 2.75) is 23.1 Å². The average molecular weight is 319 g/mol. The number of hydrogen-bond donors (Lipinski definition) is 0.